The van der Waals surface area contributed by atoms with Crippen molar-refractivity contribution in [1.29, 1.82) is 0 Å². The van der Waals surface area contributed by atoms with Gasteiger partial charge in [0.05, 0.1) is 0 Å². The fraction of sp³-hybridized carbons (Fsp3) is 0.417. The van der Waals surface area contributed by atoms with E-state index in [0.29, 0.717) is 70.4 Å². The molecule has 12 rings (SSSR count). The van der Waals surface area contributed by atoms with Crippen molar-refractivity contribution in [2.45, 2.75) is 94.9 Å². The Hall–Kier alpha value is -3.90. The van der Waals surface area contributed by atoms with E-state index in [1.54, 1.807) is 70.1 Å². The average Bonchev–Trinajstić information content (AvgIpc) is 0.777. The van der Waals surface area contributed by atoms with Crippen LogP contribution in [0.2, 0.25) is 0 Å². The fourth-order valence-corrected chi connectivity index (χ4v) is 14.8. The van der Waals surface area contributed by atoms with E-state index in [9.17, 15) is 38.4 Å². The van der Waals surface area contributed by atoms with E-state index in [1.165, 1.54) is 61.3 Å². The molecule has 0 spiro atoms. The van der Waals surface area contributed by atoms with Gasteiger partial charge < -0.3 is 42.2 Å². The summed E-state index contributed by atoms with van der Waals surface area (Å²) >= 11 is 8.85. The summed E-state index contributed by atoms with van der Waals surface area (Å²) in [5.41, 5.74) is 4.76. The minimum Gasteiger partial charge on any atom is -0.319 e. The van der Waals surface area contributed by atoms with Crippen LogP contribution in [0.15, 0.2) is 146 Å². The molecule has 0 aromatic heterocycles. The quantitative estimate of drug-likeness (QED) is 0.0177. The molecule has 109 heavy (non-hydrogen) atoms. The summed E-state index contributed by atoms with van der Waals surface area (Å²) in [6, 6.07) is 44.3. The Labute approximate surface area is 734 Å². The molecule has 8 amide bonds. The van der Waals surface area contributed by atoms with E-state index in [4.69, 9.17) is 0 Å². The van der Waals surface area contributed by atoms with Crippen LogP contribution < -0.4 is 0 Å². The molecule has 8 aromatic rings. The van der Waals surface area contributed by atoms with Crippen LogP contribution in [-0.4, -0.2) is 219 Å². The van der Waals surface area contributed by atoms with Crippen LogP contribution in [0.5, 0.6) is 0 Å². The molecule has 0 fully saturated rings. The van der Waals surface area contributed by atoms with Crippen LogP contribution >= 0.6 is 134 Å². The molecule has 4 aliphatic rings. The van der Waals surface area contributed by atoms with E-state index in [1.807, 2.05) is 197 Å². The third kappa shape index (κ3) is 32.7. The number of alkyl halides is 3. The topological polar surface area (TPSA) is 162 Å². The Morgan fingerprint density at radius 2 is 0.486 bits per heavy atom. The molecule has 8 aromatic carbocycles. The summed E-state index contributed by atoms with van der Waals surface area (Å²) in [4.78, 5) is 117. The predicted molar refractivity (Wildman–Crippen MR) is 504 cm³/mol. The van der Waals surface area contributed by atoms with Gasteiger partial charge in [-0.25, -0.2) is 0 Å². The van der Waals surface area contributed by atoms with Gasteiger partial charge in [-0.2, -0.15) is 0 Å². The summed E-state index contributed by atoms with van der Waals surface area (Å²) in [7, 11) is 27.2. The van der Waals surface area contributed by atoms with Gasteiger partial charge in [0.2, 0.25) is 0 Å². The molecule has 16 nitrogen and oxygen atoms in total. The molecule has 0 aliphatic carbocycles. The number of imide groups is 4. The number of amides is 8. The van der Waals surface area contributed by atoms with E-state index in [-0.39, 0.29) is 65.8 Å². The van der Waals surface area contributed by atoms with Crippen LogP contribution in [0.3, 0.4) is 0 Å². The van der Waals surface area contributed by atoms with Gasteiger partial charge in [0.25, 0.3) is 47.3 Å². The van der Waals surface area contributed by atoms with Crippen molar-refractivity contribution in [2.75, 3.05) is 133 Å². The van der Waals surface area contributed by atoms with Gasteiger partial charge in [0.15, 0.2) is 0 Å². The molecule has 0 unspecified atom stereocenters. The average molecular weight is 2050 g/mol. The molecule has 0 saturated carbocycles. The molecule has 0 bridgehead atoms. The zero-order chi connectivity index (χ0) is 81.8. The summed E-state index contributed by atoms with van der Waals surface area (Å²) < 4.78 is 0.743. The maximum atomic E-state index is 13.0. The first kappa shape index (κ1) is 105. The van der Waals surface area contributed by atoms with Crippen molar-refractivity contribution in [1.82, 2.24) is 39.2 Å². The largest absolute Gasteiger partial charge is 0.319 e. The van der Waals surface area contributed by atoms with Gasteiger partial charge in [-0.1, -0.05) is 277 Å². The Kier molecular flexibility index (Phi) is 56.8. The minimum atomic E-state index is -0.231. The van der Waals surface area contributed by atoms with Gasteiger partial charge in [-0.15, -0.1) is 0 Å². The molecule has 25 heteroatoms. The number of hydrogen-bond donors (Lipinski definition) is 0. The van der Waals surface area contributed by atoms with Crippen molar-refractivity contribution in [3.63, 3.8) is 0 Å². The van der Waals surface area contributed by atoms with E-state index >= 15 is 0 Å². The minimum absolute atomic E-state index is 0. The molecule has 1 radical (unpaired) electrons. The SMILES string of the molecule is CC.CC.CC.CC.CCN(C)C.CCN(C)C.CN(C)CCCSSCCCN(C)C.CN1C(=O)c2cccc3cccc(c23)C1=O.CN1C(=O)c2cccc3cccc(c23)C1=O.IC(I)I.O=C1c2cccc3cccc(c23)C(=O)N1CCCSSCCCN1C(=O)c2cccc3cccc(c23)C1=O.[CH2-]I.[V]. The molecule has 4 heterocycles. The second-order valence-corrected chi connectivity index (χ2v) is 40.3. The Balaban J connectivity index is 0.00000138. The fourth-order valence-electron chi connectivity index (χ4n) is 10.5. The maximum absolute atomic E-state index is 13.0. The Morgan fingerprint density at radius 3 is 0.651 bits per heavy atom. The standard InChI is InChI=1S/C30H24N2O4S2.2C13H9NO2.C10H24N2S2.2C4H11N.4C2H6.CHI3.CH2I.V/c33-27-21-11-1-7-19-8-2-12-22(25(19)21)28(34)31(27)15-5-17-37-38-18-6-16-32-29(35)23-13-3-9-20-10-4-14-24(26(20)23)30(32)36;2*1-14-12(15)9-6-2-4-8-5-3-7-10(11(8)9)13(14)16;1-11(2)7-5-9-13-14-10-6-8-12(3)4;2*1-4-5(2)3;4*1-2;2-1(3)4;1-2;/h1-4,7-14H,5-6,15-18H2;2*2-7H,1H3;5-10H2,1-4H3;2*4H2,1-3H3;4*1-2H3;1H;1H2;/q;;;;;;;;;;;-1;. The Bertz CT molecular complexity index is 3660. The van der Waals surface area contributed by atoms with Crippen LogP contribution in [0.4, 0.5) is 0 Å². The number of hydrogen-bond acceptors (Lipinski definition) is 16. The van der Waals surface area contributed by atoms with Gasteiger partial charge in [0.1, 0.15) is -0.0619 Å². The van der Waals surface area contributed by atoms with Crippen LogP contribution in [0, 0.1) is 4.93 Å². The molecule has 4 aliphatic heterocycles. The normalized spacial score (nSPS) is 12.4. The first-order valence-electron chi connectivity index (χ1n) is 36.6. The molecular formula is C84H115I4N8O8S4V-. The first-order chi connectivity index (χ1) is 51.9. The van der Waals surface area contributed by atoms with Crippen molar-refractivity contribution in [3.8, 4) is 0 Å². The number of rotatable bonds is 20. The number of halogens is 4. The third-order valence-electron chi connectivity index (χ3n) is 16.0. The summed E-state index contributed by atoms with van der Waals surface area (Å²) in [5.74, 6) is 2.29. The number of carbonyl (C=O) groups is 8. The van der Waals surface area contributed by atoms with Crippen LogP contribution in [0.25, 0.3) is 43.1 Å². The van der Waals surface area contributed by atoms with E-state index < -0.39 is 0 Å². The predicted octanol–water partition coefficient (Wildman–Crippen LogP) is 21.5. The van der Waals surface area contributed by atoms with Gasteiger partial charge in [-0.05, 0) is 178 Å². The zero-order valence-electron chi connectivity index (χ0n) is 67.5. The number of carbonyl (C=O) groups excluding carboxylic acids is 8. The van der Waals surface area contributed by atoms with Crippen LogP contribution in [-0.2, 0) is 18.6 Å². The van der Waals surface area contributed by atoms with Gasteiger partial charge in [0, 0.05) is 135 Å². The molecule has 0 saturated heterocycles. The van der Waals surface area contributed by atoms with Gasteiger partial charge >= 0.3 is 0 Å². The zero-order valence-corrected chi connectivity index (χ0v) is 80.8. The Morgan fingerprint density at radius 1 is 0.321 bits per heavy atom. The summed E-state index contributed by atoms with van der Waals surface area (Å²) in [5, 5.41) is 6.73. The van der Waals surface area contributed by atoms with Crippen molar-refractivity contribution in [3.05, 3.63) is 195 Å². The third-order valence-corrected chi connectivity index (χ3v) is 21.1. The monoisotopic (exact) mass is 2050 g/mol. The molecule has 597 valence electrons. The number of nitrogens with zero attached hydrogens (tertiary/aromatic N) is 8. The maximum Gasteiger partial charge on any atom is 0.261 e. The summed E-state index contributed by atoms with van der Waals surface area (Å²) in [6.45, 7) is 25.7. The first-order valence-corrected chi connectivity index (χ1v) is 46.8. The van der Waals surface area contributed by atoms with Gasteiger partial charge in [-0.3, -0.25) is 62.9 Å². The molecule has 0 atom stereocenters. The van der Waals surface area contributed by atoms with Crippen molar-refractivity contribution < 1.29 is 56.9 Å². The van der Waals surface area contributed by atoms with Crippen LogP contribution in [0.1, 0.15) is 178 Å². The van der Waals surface area contributed by atoms with Crippen molar-refractivity contribution in [2.24, 2.45) is 0 Å². The molecule has 0 N–H and O–H groups in total. The summed E-state index contributed by atoms with van der Waals surface area (Å²) in [6.07, 6.45) is 3.99. The smallest absolute Gasteiger partial charge is 0.261 e. The number of benzene rings is 8. The van der Waals surface area contributed by atoms with Crippen molar-refractivity contribution >= 4 is 224 Å². The second kappa shape index (κ2) is 58.9. The van der Waals surface area contributed by atoms with E-state index in [2.05, 4.69) is 163 Å². The van der Waals surface area contributed by atoms with E-state index in [0.717, 1.165) is 77.4 Å². The molecular weight excluding hydrogens is 1940 g/mol. The second-order valence-electron chi connectivity index (χ2n) is 24.0.